The van der Waals surface area contributed by atoms with E-state index in [0.717, 1.165) is 48.8 Å². The molecule has 0 unspecified atom stereocenters. The summed E-state index contributed by atoms with van der Waals surface area (Å²) in [6, 6.07) is 12.4. The zero-order valence-corrected chi connectivity index (χ0v) is 17.4. The summed E-state index contributed by atoms with van der Waals surface area (Å²) in [5, 5.41) is 10.4. The topological polar surface area (TPSA) is 45.2 Å². The highest BCUT2D eigenvalue weighted by Gasteiger charge is 2.20. The van der Waals surface area contributed by atoms with Crippen molar-refractivity contribution < 1.29 is 14.6 Å². The average molecular weight is 385 g/mol. The first kappa shape index (κ1) is 20.5. The van der Waals surface area contributed by atoms with Crippen LogP contribution in [0.25, 0.3) is 0 Å². The van der Waals surface area contributed by atoms with Crippen LogP contribution < -0.4 is 14.4 Å². The molecule has 2 aromatic rings. The quantitative estimate of drug-likeness (QED) is 0.794. The first-order valence-corrected chi connectivity index (χ1v) is 9.96. The van der Waals surface area contributed by atoms with Crippen LogP contribution >= 0.6 is 0 Å². The molecule has 0 saturated carbocycles. The van der Waals surface area contributed by atoms with Gasteiger partial charge in [0.25, 0.3) is 0 Å². The van der Waals surface area contributed by atoms with Crippen LogP contribution in [0.3, 0.4) is 0 Å². The van der Waals surface area contributed by atoms with Crippen molar-refractivity contribution in [3.8, 4) is 11.5 Å². The Morgan fingerprint density at radius 1 is 0.964 bits per heavy atom. The van der Waals surface area contributed by atoms with Gasteiger partial charge in [0, 0.05) is 38.4 Å². The summed E-state index contributed by atoms with van der Waals surface area (Å²) in [5.41, 5.74) is 4.70. The van der Waals surface area contributed by atoms with Gasteiger partial charge >= 0.3 is 0 Å². The number of β-amino-alcohol motifs (C(OH)–C–C–N with tert-alkyl or cyclic N) is 1. The van der Waals surface area contributed by atoms with Crippen LogP contribution in [0.4, 0.5) is 5.69 Å². The van der Waals surface area contributed by atoms with E-state index in [9.17, 15) is 5.11 Å². The van der Waals surface area contributed by atoms with Crippen molar-refractivity contribution in [3.63, 3.8) is 0 Å². The lowest BCUT2D eigenvalue weighted by atomic mass is 10.1. The number of aryl methyl sites for hydroxylation is 3. The standard InChI is InChI=1S/C23H32N2O3/c1-17-13-18(2)23(19(3)14-17)28-16-21(26)15-24-9-11-25(12-10-24)20-5-7-22(27-4)8-6-20/h5-8,13-14,21,26H,9-12,15-16H2,1-4H3/t21-/m0/s1. The van der Waals surface area contributed by atoms with Crippen LogP contribution in [-0.4, -0.2) is 62.6 Å². The maximum Gasteiger partial charge on any atom is 0.125 e. The van der Waals surface area contributed by atoms with Gasteiger partial charge < -0.3 is 19.5 Å². The van der Waals surface area contributed by atoms with Crippen LogP contribution in [0.5, 0.6) is 11.5 Å². The van der Waals surface area contributed by atoms with E-state index < -0.39 is 6.10 Å². The lowest BCUT2D eigenvalue weighted by Crippen LogP contribution is -2.49. The fourth-order valence-electron chi connectivity index (χ4n) is 3.91. The van der Waals surface area contributed by atoms with Gasteiger partial charge in [-0.1, -0.05) is 17.7 Å². The molecule has 5 nitrogen and oxygen atoms in total. The number of rotatable bonds is 7. The summed E-state index contributed by atoms with van der Waals surface area (Å²) in [6.45, 7) is 10.9. The molecule has 0 bridgehead atoms. The molecule has 0 aromatic heterocycles. The van der Waals surface area contributed by atoms with Gasteiger partial charge in [0.05, 0.1) is 7.11 Å². The first-order valence-electron chi connectivity index (χ1n) is 9.96. The van der Waals surface area contributed by atoms with E-state index in [-0.39, 0.29) is 0 Å². The molecule has 1 heterocycles. The highest BCUT2D eigenvalue weighted by atomic mass is 16.5. The molecular formula is C23H32N2O3. The summed E-state index contributed by atoms with van der Waals surface area (Å²) >= 11 is 0. The number of anilines is 1. The molecule has 0 spiro atoms. The van der Waals surface area contributed by atoms with E-state index in [1.807, 2.05) is 12.1 Å². The molecule has 5 heteroatoms. The Morgan fingerprint density at radius 3 is 2.14 bits per heavy atom. The average Bonchev–Trinajstić information content (AvgIpc) is 2.68. The predicted octanol–water partition coefficient (Wildman–Crippen LogP) is 3.18. The number of ether oxygens (including phenoxy) is 2. The Labute approximate surface area is 168 Å². The molecule has 1 aliphatic rings. The Hall–Kier alpha value is -2.24. The molecule has 0 radical (unpaired) electrons. The normalized spacial score (nSPS) is 16.1. The highest BCUT2D eigenvalue weighted by Crippen LogP contribution is 2.25. The molecule has 1 N–H and O–H groups in total. The summed E-state index contributed by atoms with van der Waals surface area (Å²) < 4.78 is 11.2. The zero-order valence-electron chi connectivity index (χ0n) is 17.4. The molecule has 1 saturated heterocycles. The minimum atomic E-state index is -0.493. The van der Waals surface area contributed by atoms with Gasteiger partial charge in [-0.25, -0.2) is 0 Å². The first-order chi connectivity index (χ1) is 13.5. The number of hydrogen-bond donors (Lipinski definition) is 1. The molecule has 28 heavy (non-hydrogen) atoms. The van der Waals surface area contributed by atoms with Crippen molar-refractivity contribution in [1.82, 2.24) is 4.90 Å². The summed E-state index contributed by atoms with van der Waals surface area (Å²) in [7, 11) is 1.68. The van der Waals surface area contributed by atoms with Crippen molar-refractivity contribution >= 4 is 5.69 Å². The third-order valence-electron chi connectivity index (χ3n) is 5.30. The molecule has 0 aliphatic carbocycles. The molecule has 1 aliphatic heterocycles. The Morgan fingerprint density at radius 2 is 1.57 bits per heavy atom. The molecule has 1 atom stereocenters. The van der Waals surface area contributed by atoms with Gasteiger partial charge in [-0.3, -0.25) is 4.90 Å². The third kappa shape index (κ3) is 5.18. The number of piperazine rings is 1. The van der Waals surface area contributed by atoms with Crippen molar-refractivity contribution in [3.05, 3.63) is 53.1 Å². The Balaban J connectivity index is 1.45. The second-order valence-electron chi connectivity index (χ2n) is 7.68. The van der Waals surface area contributed by atoms with Crippen molar-refractivity contribution in [2.45, 2.75) is 26.9 Å². The molecule has 2 aromatic carbocycles. The highest BCUT2D eigenvalue weighted by molar-refractivity contribution is 5.49. The van der Waals surface area contributed by atoms with E-state index in [1.54, 1.807) is 7.11 Å². The third-order valence-corrected chi connectivity index (χ3v) is 5.30. The Kier molecular flexibility index (Phi) is 6.81. The molecule has 0 amide bonds. The summed E-state index contributed by atoms with van der Waals surface area (Å²) in [5.74, 6) is 1.78. The largest absolute Gasteiger partial charge is 0.497 e. The van der Waals surface area contributed by atoms with Gasteiger partial charge in [-0.2, -0.15) is 0 Å². The molecule has 152 valence electrons. The van der Waals surface area contributed by atoms with Gasteiger partial charge in [0.15, 0.2) is 0 Å². The minimum Gasteiger partial charge on any atom is -0.497 e. The van der Waals surface area contributed by atoms with Crippen LogP contribution in [0, 0.1) is 20.8 Å². The van der Waals surface area contributed by atoms with Crippen LogP contribution in [-0.2, 0) is 0 Å². The minimum absolute atomic E-state index is 0.323. The number of nitrogens with zero attached hydrogens (tertiary/aromatic N) is 2. The number of methoxy groups -OCH3 is 1. The van der Waals surface area contributed by atoms with E-state index >= 15 is 0 Å². The fraction of sp³-hybridized carbons (Fsp3) is 0.478. The van der Waals surface area contributed by atoms with Gasteiger partial charge in [0.2, 0.25) is 0 Å². The number of aliphatic hydroxyl groups is 1. The van der Waals surface area contributed by atoms with E-state index in [2.05, 4.69) is 54.8 Å². The lowest BCUT2D eigenvalue weighted by molar-refractivity contribution is 0.0658. The lowest BCUT2D eigenvalue weighted by Gasteiger charge is -2.37. The van der Waals surface area contributed by atoms with Crippen molar-refractivity contribution in [2.24, 2.45) is 0 Å². The van der Waals surface area contributed by atoms with E-state index in [0.29, 0.717) is 13.2 Å². The van der Waals surface area contributed by atoms with E-state index in [4.69, 9.17) is 9.47 Å². The Bertz CT molecular complexity index is 745. The SMILES string of the molecule is COc1ccc(N2CCN(C[C@H](O)COc3c(C)cc(C)cc3C)CC2)cc1. The smallest absolute Gasteiger partial charge is 0.125 e. The maximum absolute atomic E-state index is 10.4. The van der Waals surface area contributed by atoms with Gasteiger partial charge in [0.1, 0.15) is 24.2 Å². The number of aliphatic hydroxyl groups excluding tert-OH is 1. The maximum atomic E-state index is 10.4. The summed E-state index contributed by atoms with van der Waals surface area (Å²) in [4.78, 5) is 4.68. The predicted molar refractivity (Wildman–Crippen MR) is 114 cm³/mol. The molecule has 3 rings (SSSR count). The zero-order chi connectivity index (χ0) is 20.1. The number of benzene rings is 2. The second-order valence-corrected chi connectivity index (χ2v) is 7.68. The summed E-state index contributed by atoms with van der Waals surface area (Å²) in [6.07, 6.45) is -0.493. The van der Waals surface area contributed by atoms with Crippen LogP contribution in [0.15, 0.2) is 36.4 Å². The van der Waals surface area contributed by atoms with Crippen molar-refractivity contribution in [2.75, 3.05) is 51.3 Å². The van der Waals surface area contributed by atoms with Crippen LogP contribution in [0.1, 0.15) is 16.7 Å². The van der Waals surface area contributed by atoms with Crippen molar-refractivity contribution in [1.29, 1.82) is 0 Å². The second kappa shape index (κ2) is 9.30. The van der Waals surface area contributed by atoms with E-state index in [1.165, 1.54) is 11.3 Å². The van der Waals surface area contributed by atoms with Gasteiger partial charge in [-0.15, -0.1) is 0 Å². The molecular weight excluding hydrogens is 352 g/mol. The van der Waals surface area contributed by atoms with Crippen LogP contribution in [0.2, 0.25) is 0 Å². The fourth-order valence-corrected chi connectivity index (χ4v) is 3.91. The number of hydrogen-bond acceptors (Lipinski definition) is 5. The monoisotopic (exact) mass is 384 g/mol. The van der Waals surface area contributed by atoms with Gasteiger partial charge in [-0.05, 0) is 56.2 Å². The molecule has 1 fully saturated rings.